The normalized spacial score (nSPS) is 9.69. The summed E-state index contributed by atoms with van der Waals surface area (Å²) in [6, 6.07) is 5.67. The molecule has 1 aromatic carbocycles. The lowest BCUT2D eigenvalue weighted by molar-refractivity contribution is -0.107. The molecule has 0 amide bonds. The first-order valence-corrected chi connectivity index (χ1v) is 4.19. The lowest BCUT2D eigenvalue weighted by atomic mass is 10.0. The van der Waals surface area contributed by atoms with Crippen LogP contribution >= 0.6 is 0 Å². The van der Waals surface area contributed by atoms with E-state index < -0.39 is 0 Å². The van der Waals surface area contributed by atoms with Crippen molar-refractivity contribution >= 4 is 12.1 Å². The minimum Gasteiger partial charge on any atom is -0.303 e. The molecule has 0 fully saturated rings. The summed E-state index contributed by atoms with van der Waals surface area (Å²) in [4.78, 5) is 21.6. The van der Waals surface area contributed by atoms with Gasteiger partial charge in [0.15, 0.2) is 5.78 Å². The Morgan fingerprint density at radius 3 is 2.69 bits per heavy atom. The molecule has 0 aliphatic carbocycles. The number of carbonyl (C=O) groups excluding carboxylic acids is 2. The highest BCUT2D eigenvalue weighted by Crippen LogP contribution is 2.12. The van der Waals surface area contributed by atoms with Gasteiger partial charge >= 0.3 is 0 Å². The molecule has 0 aliphatic rings. The van der Waals surface area contributed by atoms with E-state index in [1.165, 1.54) is 0 Å². The second-order valence-corrected chi connectivity index (χ2v) is 3.11. The van der Waals surface area contributed by atoms with Crippen molar-refractivity contribution in [2.24, 2.45) is 0 Å². The van der Waals surface area contributed by atoms with E-state index in [1.54, 1.807) is 0 Å². The predicted molar refractivity (Wildman–Crippen MR) is 50.9 cm³/mol. The number of ketones is 1. The molecule has 2 heteroatoms. The van der Waals surface area contributed by atoms with Gasteiger partial charge in [-0.25, -0.2) is 0 Å². The third-order valence-electron chi connectivity index (χ3n) is 1.96. The van der Waals surface area contributed by atoms with Gasteiger partial charge in [0.25, 0.3) is 0 Å². The van der Waals surface area contributed by atoms with Crippen molar-refractivity contribution in [3.63, 3.8) is 0 Å². The molecule has 1 rings (SSSR count). The Bertz CT molecular complexity index is 340. The monoisotopic (exact) mass is 176 g/mol. The van der Waals surface area contributed by atoms with Gasteiger partial charge < -0.3 is 4.79 Å². The number of hydrogen-bond acceptors (Lipinski definition) is 2. The van der Waals surface area contributed by atoms with Crippen LogP contribution in [0.3, 0.4) is 0 Å². The quantitative estimate of drug-likeness (QED) is 0.401. The van der Waals surface area contributed by atoms with Crippen LogP contribution in [0.2, 0.25) is 0 Å². The highest BCUT2D eigenvalue weighted by atomic mass is 16.1. The molecule has 0 unspecified atom stereocenters. The average Bonchev–Trinajstić information content (AvgIpc) is 2.09. The Hall–Kier alpha value is -1.44. The van der Waals surface area contributed by atoms with E-state index in [2.05, 4.69) is 0 Å². The zero-order chi connectivity index (χ0) is 9.84. The van der Waals surface area contributed by atoms with Gasteiger partial charge in [-0.2, -0.15) is 0 Å². The van der Waals surface area contributed by atoms with Crippen LogP contribution in [-0.2, 0) is 4.79 Å². The molecule has 0 atom stereocenters. The lowest BCUT2D eigenvalue weighted by Gasteiger charge is -2.03. The van der Waals surface area contributed by atoms with Gasteiger partial charge in [-0.1, -0.05) is 17.7 Å². The molecule has 0 aliphatic heterocycles. The van der Waals surface area contributed by atoms with E-state index in [1.807, 2.05) is 32.0 Å². The summed E-state index contributed by atoms with van der Waals surface area (Å²) in [6.45, 7) is 3.80. The van der Waals surface area contributed by atoms with Crippen LogP contribution in [0, 0.1) is 13.8 Å². The van der Waals surface area contributed by atoms with Crippen molar-refractivity contribution in [2.45, 2.75) is 20.3 Å². The van der Waals surface area contributed by atoms with Crippen molar-refractivity contribution in [1.82, 2.24) is 0 Å². The zero-order valence-electron chi connectivity index (χ0n) is 7.83. The summed E-state index contributed by atoms with van der Waals surface area (Å²) in [6.07, 6.45) is 0.619. The van der Waals surface area contributed by atoms with E-state index in [-0.39, 0.29) is 12.2 Å². The minimum atomic E-state index is -0.101. The van der Waals surface area contributed by atoms with Crippen molar-refractivity contribution in [3.8, 4) is 0 Å². The van der Waals surface area contributed by atoms with Gasteiger partial charge in [0.1, 0.15) is 6.29 Å². The topological polar surface area (TPSA) is 34.1 Å². The molecule has 0 N–H and O–H groups in total. The first kappa shape index (κ1) is 9.65. The Morgan fingerprint density at radius 1 is 1.38 bits per heavy atom. The first-order chi connectivity index (χ1) is 6.15. The number of hydrogen-bond donors (Lipinski definition) is 0. The SMILES string of the molecule is Cc1ccc(C)c(C(=O)CC=O)c1. The Labute approximate surface area is 77.6 Å². The van der Waals surface area contributed by atoms with Crippen LogP contribution in [0.1, 0.15) is 27.9 Å². The number of Topliss-reactive ketones (excluding diaryl/α,β-unsaturated/α-hetero) is 1. The fraction of sp³-hybridized carbons (Fsp3) is 0.273. The number of rotatable bonds is 3. The van der Waals surface area contributed by atoms with E-state index >= 15 is 0 Å². The molecule has 0 heterocycles. The summed E-state index contributed by atoms with van der Waals surface area (Å²) in [7, 11) is 0. The van der Waals surface area contributed by atoms with Crippen molar-refractivity contribution in [2.75, 3.05) is 0 Å². The van der Waals surface area contributed by atoms with Crippen LogP contribution < -0.4 is 0 Å². The fourth-order valence-electron chi connectivity index (χ4n) is 1.22. The molecular formula is C11H12O2. The van der Waals surface area contributed by atoms with Crippen LogP contribution in [0.25, 0.3) is 0 Å². The predicted octanol–water partition coefficient (Wildman–Crippen LogP) is 2.08. The van der Waals surface area contributed by atoms with Crippen molar-refractivity contribution < 1.29 is 9.59 Å². The first-order valence-electron chi connectivity index (χ1n) is 4.19. The average molecular weight is 176 g/mol. The summed E-state index contributed by atoms with van der Waals surface area (Å²) in [5.41, 5.74) is 2.63. The molecule has 0 spiro atoms. The third kappa shape index (κ3) is 2.25. The van der Waals surface area contributed by atoms with Crippen LogP contribution in [0.15, 0.2) is 18.2 Å². The maximum absolute atomic E-state index is 11.4. The third-order valence-corrected chi connectivity index (χ3v) is 1.96. The van der Waals surface area contributed by atoms with Gasteiger partial charge in [0, 0.05) is 5.56 Å². The van der Waals surface area contributed by atoms with E-state index in [4.69, 9.17) is 0 Å². The highest BCUT2D eigenvalue weighted by Gasteiger charge is 2.07. The Morgan fingerprint density at radius 2 is 2.08 bits per heavy atom. The van der Waals surface area contributed by atoms with Crippen molar-refractivity contribution in [1.29, 1.82) is 0 Å². The van der Waals surface area contributed by atoms with E-state index in [0.717, 1.165) is 11.1 Å². The summed E-state index contributed by atoms with van der Waals surface area (Å²) in [5.74, 6) is -0.101. The Balaban J connectivity index is 3.05. The maximum Gasteiger partial charge on any atom is 0.170 e. The lowest BCUT2D eigenvalue weighted by Crippen LogP contribution is -2.02. The molecule has 68 valence electrons. The molecule has 1 aromatic rings. The van der Waals surface area contributed by atoms with Crippen LogP contribution in [-0.4, -0.2) is 12.1 Å². The maximum atomic E-state index is 11.4. The van der Waals surface area contributed by atoms with Crippen molar-refractivity contribution in [3.05, 3.63) is 34.9 Å². The minimum absolute atomic E-state index is 0.0235. The van der Waals surface area contributed by atoms with Crippen LogP contribution in [0.4, 0.5) is 0 Å². The van der Waals surface area contributed by atoms with Gasteiger partial charge in [0.05, 0.1) is 6.42 Å². The summed E-state index contributed by atoms with van der Waals surface area (Å²) < 4.78 is 0. The summed E-state index contributed by atoms with van der Waals surface area (Å²) >= 11 is 0. The Kier molecular flexibility index (Phi) is 2.96. The highest BCUT2D eigenvalue weighted by molar-refractivity contribution is 6.03. The van der Waals surface area contributed by atoms with Crippen LogP contribution in [0.5, 0.6) is 0 Å². The summed E-state index contributed by atoms with van der Waals surface area (Å²) in [5, 5.41) is 0. The second kappa shape index (κ2) is 3.99. The molecule has 13 heavy (non-hydrogen) atoms. The molecular weight excluding hydrogens is 164 g/mol. The number of carbonyl (C=O) groups is 2. The van der Waals surface area contributed by atoms with Gasteiger partial charge in [-0.3, -0.25) is 4.79 Å². The molecule has 2 nitrogen and oxygen atoms in total. The molecule has 0 aromatic heterocycles. The number of aldehydes is 1. The van der Waals surface area contributed by atoms with Gasteiger partial charge in [0.2, 0.25) is 0 Å². The standard InChI is InChI=1S/C11H12O2/c1-8-3-4-9(2)10(7-8)11(13)5-6-12/h3-4,6-7H,5H2,1-2H3. The molecule has 0 saturated heterocycles. The van der Waals surface area contributed by atoms with E-state index in [0.29, 0.717) is 11.8 Å². The second-order valence-electron chi connectivity index (χ2n) is 3.11. The van der Waals surface area contributed by atoms with E-state index in [9.17, 15) is 9.59 Å². The van der Waals surface area contributed by atoms with Gasteiger partial charge in [-0.15, -0.1) is 0 Å². The molecule has 0 bridgehead atoms. The molecule has 0 saturated carbocycles. The van der Waals surface area contributed by atoms with Gasteiger partial charge in [-0.05, 0) is 25.5 Å². The number of benzene rings is 1. The zero-order valence-corrected chi connectivity index (χ0v) is 7.83. The fourth-order valence-corrected chi connectivity index (χ4v) is 1.22. The number of aryl methyl sites for hydroxylation is 2. The molecule has 0 radical (unpaired) electrons. The largest absolute Gasteiger partial charge is 0.303 e. The smallest absolute Gasteiger partial charge is 0.170 e.